The number of hydrogen-bond acceptors (Lipinski definition) is 5. The molecule has 3 fully saturated rings. The molecule has 0 aliphatic carbocycles. The molecular formula is C17H13NO5. The molecule has 116 valence electrons. The maximum absolute atomic E-state index is 12.7. The van der Waals surface area contributed by atoms with E-state index in [-0.39, 0.29) is 35.9 Å². The topological polar surface area (TPSA) is 76.8 Å². The monoisotopic (exact) mass is 311 g/mol. The molecule has 0 N–H and O–H groups in total. The third kappa shape index (κ3) is 1.64. The first-order chi connectivity index (χ1) is 11.1. The minimum Gasteiger partial charge on any atom is -0.423 e. The van der Waals surface area contributed by atoms with Gasteiger partial charge in [-0.3, -0.25) is 9.59 Å². The third-order valence-corrected chi connectivity index (χ3v) is 5.15. The molecule has 2 bridgehead atoms. The Bertz CT molecular complexity index is 889. The van der Waals surface area contributed by atoms with E-state index in [2.05, 4.69) is 0 Å². The largest absolute Gasteiger partial charge is 0.423 e. The van der Waals surface area contributed by atoms with Crippen LogP contribution in [0, 0.1) is 11.8 Å². The minimum atomic E-state index is -0.429. The van der Waals surface area contributed by atoms with E-state index in [1.165, 1.54) is 11.0 Å². The summed E-state index contributed by atoms with van der Waals surface area (Å²) in [7, 11) is 0. The lowest BCUT2D eigenvalue weighted by molar-refractivity contribution is -0.124. The van der Waals surface area contributed by atoms with Gasteiger partial charge < -0.3 is 9.15 Å². The highest BCUT2D eigenvalue weighted by Crippen LogP contribution is 2.49. The molecule has 6 nitrogen and oxygen atoms in total. The number of imide groups is 1. The Balaban J connectivity index is 1.59. The van der Waals surface area contributed by atoms with Crippen LogP contribution in [0.15, 0.2) is 39.5 Å². The Morgan fingerprint density at radius 2 is 1.61 bits per heavy atom. The molecule has 23 heavy (non-hydrogen) atoms. The average Bonchev–Trinajstić information content (AvgIpc) is 3.21. The molecule has 3 aliphatic rings. The van der Waals surface area contributed by atoms with Gasteiger partial charge in [0.2, 0.25) is 11.8 Å². The number of anilines is 1. The van der Waals surface area contributed by atoms with Crippen molar-refractivity contribution in [2.24, 2.45) is 11.8 Å². The lowest BCUT2D eigenvalue weighted by Gasteiger charge is -2.17. The number of rotatable bonds is 1. The molecule has 1 aromatic carbocycles. The number of benzene rings is 1. The molecule has 0 radical (unpaired) electrons. The number of carbonyl (C=O) groups excluding carboxylic acids is 2. The van der Waals surface area contributed by atoms with Gasteiger partial charge in [0.15, 0.2) is 0 Å². The Morgan fingerprint density at radius 1 is 0.913 bits per heavy atom. The predicted molar refractivity (Wildman–Crippen MR) is 79.9 cm³/mol. The zero-order chi connectivity index (χ0) is 15.7. The van der Waals surface area contributed by atoms with Crippen molar-refractivity contribution in [2.75, 3.05) is 4.90 Å². The van der Waals surface area contributed by atoms with Gasteiger partial charge >= 0.3 is 5.63 Å². The molecule has 4 atom stereocenters. The van der Waals surface area contributed by atoms with Crippen LogP contribution in [0.5, 0.6) is 0 Å². The van der Waals surface area contributed by atoms with Crippen molar-refractivity contribution in [3.63, 3.8) is 0 Å². The lowest BCUT2D eigenvalue weighted by Crippen LogP contribution is -2.34. The number of hydrogen-bond donors (Lipinski definition) is 0. The van der Waals surface area contributed by atoms with E-state index in [9.17, 15) is 14.4 Å². The summed E-state index contributed by atoms with van der Waals surface area (Å²) in [4.78, 5) is 38.0. The highest BCUT2D eigenvalue weighted by atomic mass is 16.5. The van der Waals surface area contributed by atoms with Gasteiger partial charge in [-0.1, -0.05) is 0 Å². The first kappa shape index (κ1) is 13.0. The van der Waals surface area contributed by atoms with E-state index < -0.39 is 5.63 Å². The SMILES string of the molecule is O=C1[C@@H]2[C@H](C(=O)N1c1ccc3oc(=O)ccc3c1)[C@H]1CC[C@@H]2O1. The Kier molecular flexibility index (Phi) is 2.43. The molecule has 0 saturated carbocycles. The fraction of sp³-hybridized carbons (Fsp3) is 0.353. The van der Waals surface area contributed by atoms with Crippen LogP contribution < -0.4 is 10.5 Å². The number of carbonyl (C=O) groups is 2. The fourth-order valence-corrected chi connectivity index (χ4v) is 4.16. The van der Waals surface area contributed by atoms with Crippen LogP contribution in [0.2, 0.25) is 0 Å². The highest BCUT2D eigenvalue weighted by molar-refractivity contribution is 6.23. The predicted octanol–water partition coefficient (Wildman–Crippen LogP) is 1.46. The zero-order valence-corrected chi connectivity index (χ0v) is 12.1. The summed E-state index contributed by atoms with van der Waals surface area (Å²) >= 11 is 0. The van der Waals surface area contributed by atoms with Crippen LogP contribution in [-0.2, 0) is 14.3 Å². The lowest BCUT2D eigenvalue weighted by atomic mass is 9.81. The first-order valence-electron chi connectivity index (χ1n) is 7.71. The Hall–Kier alpha value is -2.47. The second-order valence-electron chi connectivity index (χ2n) is 6.33. The zero-order valence-electron chi connectivity index (χ0n) is 12.1. The van der Waals surface area contributed by atoms with E-state index in [1.54, 1.807) is 24.3 Å². The van der Waals surface area contributed by atoms with Crippen LogP contribution in [0.25, 0.3) is 11.0 Å². The van der Waals surface area contributed by atoms with Gasteiger partial charge in [-0.2, -0.15) is 0 Å². The van der Waals surface area contributed by atoms with Crippen molar-refractivity contribution in [3.8, 4) is 0 Å². The van der Waals surface area contributed by atoms with E-state index in [4.69, 9.17) is 9.15 Å². The molecule has 1 aromatic heterocycles. The van der Waals surface area contributed by atoms with Gasteiger partial charge in [0.05, 0.1) is 29.7 Å². The van der Waals surface area contributed by atoms with Gasteiger partial charge in [-0.15, -0.1) is 0 Å². The molecule has 5 rings (SSSR count). The second-order valence-corrected chi connectivity index (χ2v) is 6.33. The number of amides is 2. The normalized spacial score (nSPS) is 32.1. The molecule has 6 heteroatoms. The van der Waals surface area contributed by atoms with Crippen molar-refractivity contribution in [1.29, 1.82) is 0 Å². The number of ether oxygens (including phenoxy) is 1. The van der Waals surface area contributed by atoms with Crippen LogP contribution >= 0.6 is 0 Å². The maximum atomic E-state index is 12.7. The van der Waals surface area contributed by atoms with Crippen molar-refractivity contribution in [1.82, 2.24) is 0 Å². The summed E-state index contributed by atoms with van der Waals surface area (Å²) in [5.41, 5.74) is 0.529. The highest BCUT2D eigenvalue weighted by Gasteiger charge is 2.62. The number of fused-ring (bicyclic) bond motifs is 6. The summed E-state index contributed by atoms with van der Waals surface area (Å²) in [6.07, 6.45) is 1.46. The van der Waals surface area contributed by atoms with Crippen LogP contribution in [0.1, 0.15) is 12.8 Å². The van der Waals surface area contributed by atoms with Crippen LogP contribution in [0.4, 0.5) is 5.69 Å². The molecule has 0 spiro atoms. The van der Waals surface area contributed by atoms with Crippen LogP contribution in [0.3, 0.4) is 0 Å². The third-order valence-electron chi connectivity index (χ3n) is 5.15. The first-order valence-corrected chi connectivity index (χ1v) is 7.71. The second kappa shape index (κ2) is 4.29. The summed E-state index contributed by atoms with van der Waals surface area (Å²) < 4.78 is 10.8. The van der Waals surface area contributed by atoms with Crippen LogP contribution in [-0.4, -0.2) is 24.0 Å². The molecule has 2 aromatic rings. The summed E-state index contributed by atoms with van der Waals surface area (Å²) in [5, 5.41) is 0.680. The van der Waals surface area contributed by atoms with E-state index in [0.717, 1.165) is 12.8 Å². The van der Waals surface area contributed by atoms with Gasteiger partial charge in [0, 0.05) is 11.5 Å². The van der Waals surface area contributed by atoms with Gasteiger partial charge in [0.25, 0.3) is 0 Å². The average molecular weight is 311 g/mol. The summed E-state index contributed by atoms with van der Waals surface area (Å²) in [6, 6.07) is 7.92. The van der Waals surface area contributed by atoms with Crippen molar-refractivity contribution >= 4 is 28.5 Å². The van der Waals surface area contributed by atoms with Crippen molar-refractivity contribution in [2.45, 2.75) is 25.0 Å². The van der Waals surface area contributed by atoms with Crippen molar-refractivity contribution < 1.29 is 18.7 Å². The summed E-state index contributed by atoms with van der Waals surface area (Å²) in [6.45, 7) is 0. The molecule has 3 saturated heterocycles. The molecule has 2 amide bonds. The quantitative estimate of drug-likeness (QED) is 0.588. The minimum absolute atomic E-state index is 0.120. The fourth-order valence-electron chi connectivity index (χ4n) is 4.16. The van der Waals surface area contributed by atoms with E-state index in [1.807, 2.05) is 0 Å². The molecule has 4 heterocycles. The van der Waals surface area contributed by atoms with Gasteiger partial charge in [0.1, 0.15) is 5.58 Å². The van der Waals surface area contributed by atoms with E-state index >= 15 is 0 Å². The summed E-state index contributed by atoms with van der Waals surface area (Å²) in [5.74, 6) is -1.04. The molecular weight excluding hydrogens is 298 g/mol. The smallest absolute Gasteiger partial charge is 0.336 e. The van der Waals surface area contributed by atoms with Gasteiger partial charge in [-0.25, -0.2) is 9.69 Å². The molecule has 0 unspecified atom stereocenters. The van der Waals surface area contributed by atoms with Gasteiger partial charge in [-0.05, 0) is 37.1 Å². The Morgan fingerprint density at radius 3 is 2.30 bits per heavy atom. The maximum Gasteiger partial charge on any atom is 0.336 e. The van der Waals surface area contributed by atoms with Crippen molar-refractivity contribution in [3.05, 3.63) is 40.8 Å². The van der Waals surface area contributed by atoms with E-state index in [0.29, 0.717) is 16.7 Å². The number of nitrogens with zero attached hydrogens (tertiary/aromatic N) is 1. The standard InChI is InChI=1S/C17H13NO5/c19-13-6-1-8-7-9(2-3-10(8)23-13)18-16(20)14-11-4-5-12(22-11)15(14)17(18)21/h1-3,6-7,11-12,14-15H,4-5H2/t11-,12+,14-,15+. The Labute approximate surface area is 130 Å². The molecule has 3 aliphatic heterocycles.